The van der Waals surface area contributed by atoms with Crippen LogP contribution >= 0.6 is 0 Å². The molecule has 0 saturated heterocycles. The van der Waals surface area contributed by atoms with Gasteiger partial charge in [-0.25, -0.2) is 9.97 Å². The van der Waals surface area contributed by atoms with Crippen LogP contribution in [0.2, 0.25) is 0 Å². The highest BCUT2D eigenvalue weighted by Gasteiger charge is 2.15. The molecule has 5 rings (SSSR count). The van der Waals surface area contributed by atoms with E-state index in [2.05, 4.69) is 9.97 Å². The Morgan fingerprint density at radius 2 is 1.00 bits per heavy atom. The van der Waals surface area contributed by atoms with Crippen LogP contribution in [0.15, 0.2) is 72.8 Å². The van der Waals surface area contributed by atoms with Crippen molar-refractivity contribution in [2.75, 3.05) is 0 Å². The molecule has 32 heavy (non-hydrogen) atoms. The number of benzene rings is 3. The van der Waals surface area contributed by atoms with Gasteiger partial charge in [0.15, 0.2) is 11.9 Å². The van der Waals surface area contributed by atoms with Crippen LogP contribution in [0.3, 0.4) is 0 Å². The fourth-order valence-electron chi connectivity index (χ4n) is 4.07. The average molecular weight is 422 g/mol. The first-order valence-corrected chi connectivity index (χ1v) is 10.2. The van der Waals surface area contributed by atoms with Gasteiger partial charge in [-0.15, -0.1) is 0 Å². The number of rotatable bonds is 4. The molecule has 8 heteroatoms. The Balaban J connectivity index is 1.43. The van der Waals surface area contributed by atoms with Gasteiger partial charge < -0.3 is 11.5 Å². The van der Waals surface area contributed by atoms with Gasteiger partial charge in [0.25, 0.3) is 0 Å². The maximum Gasteiger partial charge on any atom is 0.198 e. The van der Waals surface area contributed by atoms with Gasteiger partial charge in [0.05, 0.1) is 22.1 Å². The van der Waals surface area contributed by atoms with Crippen LogP contribution in [-0.2, 0) is 12.8 Å². The summed E-state index contributed by atoms with van der Waals surface area (Å²) in [5, 5.41) is 15.9. The highest BCUT2D eigenvalue weighted by molar-refractivity contribution is 5.91. The number of aromatic nitrogens is 4. The number of hydrogen-bond acceptors (Lipinski definition) is 4. The summed E-state index contributed by atoms with van der Waals surface area (Å²) in [6.07, 6.45) is 1.11. The molecule has 0 unspecified atom stereocenters. The molecule has 3 aromatic carbocycles. The average Bonchev–Trinajstić information content (AvgIpc) is 3.32. The van der Waals surface area contributed by atoms with E-state index in [1.165, 1.54) is 0 Å². The molecule has 8 nitrogen and oxygen atoms in total. The molecule has 0 atom stereocenters. The Kier molecular flexibility index (Phi) is 4.67. The topological polar surface area (TPSA) is 135 Å². The molecule has 0 bridgehead atoms. The first-order chi connectivity index (χ1) is 15.5. The van der Waals surface area contributed by atoms with E-state index in [-0.39, 0.29) is 11.9 Å². The van der Waals surface area contributed by atoms with Gasteiger partial charge in [0.2, 0.25) is 0 Å². The van der Waals surface area contributed by atoms with Crippen molar-refractivity contribution < 1.29 is 0 Å². The number of nitrogen functional groups attached to an aromatic ring is 2. The summed E-state index contributed by atoms with van der Waals surface area (Å²) in [7, 11) is 0. The molecule has 0 saturated carbocycles. The molecular formula is C24H22N8. The first-order valence-electron chi connectivity index (χ1n) is 10.2. The van der Waals surface area contributed by atoms with E-state index in [4.69, 9.17) is 22.3 Å². The first kappa shape index (κ1) is 19.5. The van der Waals surface area contributed by atoms with Crippen LogP contribution in [0.1, 0.15) is 22.8 Å². The number of para-hydroxylation sites is 4. The van der Waals surface area contributed by atoms with Crippen molar-refractivity contribution in [2.24, 2.45) is 11.5 Å². The van der Waals surface area contributed by atoms with Gasteiger partial charge in [-0.05, 0) is 35.4 Å². The lowest BCUT2D eigenvalue weighted by Gasteiger charge is -2.09. The predicted molar refractivity (Wildman–Crippen MR) is 126 cm³/mol. The molecule has 2 heterocycles. The summed E-state index contributed by atoms with van der Waals surface area (Å²) in [6, 6.07) is 23.5. The smallest absolute Gasteiger partial charge is 0.198 e. The zero-order valence-corrected chi connectivity index (χ0v) is 17.3. The molecule has 0 radical (unpaired) electrons. The van der Waals surface area contributed by atoms with E-state index >= 15 is 0 Å². The molecule has 0 spiro atoms. The monoisotopic (exact) mass is 422 g/mol. The molecule has 0 aliphatic heterocycles. The van der Waals surface area contributed by atoms with Crippen LogP contribution in [0, 0.1) is 10.8 Å². The second kappa shape index (κ2) is 7.66. The maximum absolute atomic E-state index is 7.96. The highest BCUT2D eigenvalue weighted by Crippen LogP contribution is 2.20. The van der Waals surface area contributed by atoms with E-state index in [1.54, 1.807) is 9.13 Å². The van der Waals surface area contributed by atoms with Gasteiger partial charge in [-0.1, -0.05) is 48.5 Å². The summed E-state index contributed by atoms with van der Waals surface area (Å²) in [5.74, 6) is 1.36. The summed E-state index contributed by atoms with van der Waals surface area (Å²) < 4.78 is 3.36. The van der Waals surface area contributed by atoms with Gasteiger partial charge >= 0.3 is 0 Å². The third-order valence-electron chi connectivity index (χ3n) is 5.49. The molecule has 0 amide bonds. The highest BCUT2D eigenvalue weighted by atomic mass is 15.2. The predicted octanol–water partition coefficient (Wildman–Crippen LogP) is 3.05. The van der Waals surface area contributed by atoms with Crippen molar-refractivity contribution in [3.05, 3.63) is 95.6 Å². The molecule has 6 N–H and O–H groups in total. The standard InChI is InChI=1S/C24H22N8/c25-23(26)31-19-7-3-1-5-17(19)29-21(31)13-15-9-11-16(12-10-15)14-22-30-18-6-2-4-8-20(18)32(22)24(27)28/h1-12H,13-14H2,(H3,25,26)(H3,27,28). The minimum Gasteiger partial charge on any atom is -0.369 e. The van der Waals surface area contributed by atoms with Crippen molar-refractivity contribution in [2.45, 2.75) is 12.8 Å². The van der Waals surface area contributed by atoms with Crippen LogP contribution in [0.4, 0.5) is 0 Å². The van der Waals surface area contributed by atoms with Gasteiger partial charge in [0, 0.05) is 12.8 Å². The molecule has 0 fully saturated rings. The number of imidazole rings is 2. The van der Waals surface area contributed by atoms with Crippen molar-refractivity contribution in [3.63, 3.8) is 0 Å². The van der Waals surface area contributed by atoms with Crippen molar-refractivity contribution in [3.8, 4) is 0 Å². The van der Waals surface area contributed by atoms with E-state index in [1.807, 2.05) is 72.8 Å². The zero-order chi connectivity index (χ0) is 22.2. The summed E-state index contributed by atoms with van der Waals surface area (Å²) >= 11 is 0. The summed E-state index contributed by atoms with van der Waals surface area (Å²) in [5.41, 5.74) is 17.1. The normalized spacial score (nSPS) is 11.2. The minimum atomic E-state index is -0.0477. The number of nitrogens with zero attached hydrogens (tertiary/aromatic N) is 4. The molecular weight excluding hydrogens is 400 g/mol. The van der Waals surface area contributed by atoms with Crippen LogP contribution < -0.4 is 11.5 Å². The third-order valence-corrected chi connectivity index (χ3v) is 5.49. The number of nitrogens with one attached hydrogen (secondary N) is 2. The molecule has 0 aliphatic carbocycles. The lowest BCUT2D eigenvalue weighted by atomic mass is 10.1. The zero-order valence-electron chi connectivity index (χ0n) is 17.3. The quantitative estimate of drug-likeness (QED) is 0.261. The molecule has 158 valence electrons. The molecule has 2 aromatic heterocycles. The lowest BCUT2D eigenvalue weighted by molar-refractivity contribution is 0.940. The van der Waals surface area contributed by atoms with Crippen LogP contribution in [0.25, 0.3) is 22.1 Å². The Hall–Kier alpha value is -4.46. The molecule has 0 aliphatic rings. The van der Waals surface area contributed by atoms with Gasteiger partial charge in [-0.3, -0.25) is 20.0 Å². The van der Waals surface area contributed by atoms with Gasteiger partial charge in [0.1, 0.15) is 11.6 Å². The maximum atomic E-state index is 7.96. The summed E-state index contributed by atoms with van der Waals surface area (Å²) in [4.78, 5) is 9.33. The summed E-state index contributed by atoms with van der Waals surface area (Å²) in [6.45, 7) is 0. The minimum absolute atomic E-state index is 0.0477. The van der Waals surface area contributed by atoms with Crippen molar-refractivity contribution in [1.29, 1.82) is 10.8 Å². The number of nitrogens with two attached hydrogens (primary N) is 2. The number of hydrogen-bond donors (Lipinski definition) is 4. The lowest BCUT2D eigenvalue weighted by Crippen LogP contribution is -2.23. The van der Waals surface area contributed by atoms with Crippen LogP contribution in [-0.4, -0.2) is 31.0 Å². The Bertz CT molecular complexity index is 1360. The Labute approximate surface area is 184 Å². The Morgan fingerprint density at radius 1 is 0.625 bits per heavy atom. The van der Waals surface area contributed by atoms with E-state index < -0.39 is 0 Å². The third kappa shape index (κ3) is 3.37. The fourth-order valence-corrected chi connectivity index (χ4v) is 4.07. The fraction of sp³-hybridized carbons (Fsp3) is 0.0833. The Morgan fingerprint density at radius 3 is 1.38 bits per heavy atom. The second-order valence-electron chi connectivity index (χ2n) is 7.64. The van der Waals surface area contributed by atoms with Crippen molar-refractivity contribution >= 4 is 34.0 Å². The van der Waals surface area contributed by atoms with Crippen molar-refractivity contribution in [1.82, 2.24) is 19.1 Å². The van der Waals surface area contributed by atoms with E-state index in [9.17, 15) is 0 Å². The van der Waals surface area contributed by atoms with Crippen LogP contribution in [0.5, 0.6) is 0 Å². The number of fused-ring (bicyclic) bond motifs is 2. The molecule has 5 aromatic rings. The largest absolute Gasteiger partial charge is 0.369 e. The second-order valence-corrected chi connectivity index (χ2v) is 7.64. The van der Waals surface area contributed by atoms with Gasteiger partial charge in [-0.2, -0.15) is 0 Å². The van der Waals surface area contributed by atoms with E-state index in [0.29, 0.717) is 12.8 Å². The SMILES string of the molecule is N=C(N)n1c(Cc2ccc(Cc3nc4ccccc4n3C(=N)N)cc2)nc2ccccc21. The van der Waals surface area contributed by atoms with E-state index in [0.717, 1.165) is 44.8 Å².